The molecule has 0 aliphatic rings. The maximum absolute atomic E-state index is 9.43. The van der Waals surface area contributed by atoms with E-state index in [-0.39, 0.29) is 6.54 Å². The minimum absolute atomic E-state index is 0.245. The van der Waals surface area contributed by atoms with Gasteiger partial charge < -0.3 is 15.6 Å². The average Bonchev–Trinajstić information content (AvgIpc) is 2.26. The number of rotatable bonds is 5. The second-order valence-electron chi connectivity index (χ2n) is 3.17. The van der Waals surface area contributed by atoms with E-state index < -0.39 is 6.10 Å². The van der Waals surface area contributed by atoms with Gasteiger partial charge in [-0.3, -0.25) is 0 Å². The summed E-state index contributed by atoms with van der Waals surface area (Å²) in [7, 11) is 0. The van der Waals surface area contributed by atoms with Crippen LogP contribution in [0.2, 0.25) is 0 Å². The van der Waals surface area contributed by atoms with Crippen LogP contribution < -0.4 is 10.5 Å². The lowest BCUT2D eigenvalue weighted by molar-refractivity contribution is 0.186. The molecule has 78 valence electrons. The Hall–Kier alpha value is -1.06. The number of hydrogen-bond donors (Lipinski definition) is 2. The first-order valence-electron chi connectivity index (χ1n) is 4.88. The molecule has 0 radical (unpaired) electrons. The molecule has 3 heteroatoms. The van der Waals surface area contributed by atoms with E-state index >= 15 is 0 Å². The molecular weight excluding hydrogens is 178 g/mol. The van der Waals surface area contributed by atoms with E-state index in [1.54, 1.807) is 0 Å². The predicted molar refractivity (Wildman–Crippen MR) is 56.2 cm³/mol. The molecule has 0 aliphatic carbocycles. The van der Waals surface area contributed by atoms with Crippen LogP contribution in [0.4, 0.5) is 0 Å². The quantitative estimate of drug-likeness (QED) is 0.748. The van der Waals surface area contributed by atoms with Crippen LogP contribution in [0.1, 0.15) is 25.0 Å². The van der Waals surface area contributed by atoms with E-state index in [0.29, 0.717) is 0 Å². The van der Waals surface area contributed by atoms with Crippen LogP contribution in [-0.4, -0.2) is 18.3 Å². The van der Waals surface area contributed by atoms with Crippen molar-refractivity contribution in [2.75, 3.05) is 13.2 Å². The summed E-state index contributed by atoms with van der Waals surface area (Å²) in [4.78, 5) is 0. The lowest BCUT2D eigenvalue weighted by atomic mass is 10.1. The van der Waals surface area contributed by atoms with E-state index in [0.717, 1.165) is 24.3 Å². The molecule has 3 N–H and O–H groups in total. The van der Waals surface area contributed by atoms with Crippen LogP contribution in [0.5, 0.6) is 5.75 Å². The van der Waals surface area contributed by atoms with Gasteiger partial charge in [-0.2, -0.15) is 0 Å². The summed E-state index contributed by atoms with van der Waals surface area (Å²) < 4.78 is 5.41. The highest BCUT2D eigenvalue weighted by atomic mass is 16.5. The van der Waals surface area contributed by atoms with Crippen molar-refractivity contribution in [2.45, 2.75) is 19.4 Å². The Morgan fingerprint density at radius 1 is 1.36 bits per heavy atom. The number of aliphatic hydroxyl groups is 1. The SMILES string of the molecule is CCCOc1ccc([C@@H](O)CN)cc1. The third-order valence-electron chi connectivity index (χ3n) is 1.96. The zero-order valence-electron chi connectivity index (χ0n) is 8.44. The molecule has 0 fully saturated rings. The Morgan fingerprint density at radius 3 is 2.50 bits per heavy atom. The van der Waals surface area contributed by atoms with E-state index in [9.17, 15) is 5.11 Å². The van der Waals surface area contributed by atoms with Gasteiger partial charge in [-0.1, -0.05) is 19.1 Å². The zero-order chi connectivity index (χ0) is 10.4. The molecule has 0 unspecified atom stereocenters. The first-order chi connectivity index (χ1) is 6.77. The van der Waals surface area contributed by atoms with Crippen LogP contribution in [0.25, 0.3) is 0 Å². The lowest BCUT2D eigenvalue weighted by Gasteiger charge is -2.09. The summed E-state index contributed by atoms with van der Waals surface area (Å²) in [5.74, 6) is 0.833. The molecule has 0 saturated carbocycles. The summed E-state index contributed by atoms with van der Waals surface area (Å²) in [6, 6.07) is 7.37. The summed E-state index contributed by atoms with van der Waals surface area (Å²) in [6.45, 7) is 3.03. The number of ether oxygens (including phenoxy) is 1. The molecule has 0 heterocycles. The molecule has 1 aromatic rings. The number of nitrogens with two attached hydrogens (primary N) is 1. The smallest absolute Gasteiger partial charge is 0.119 e. The molecule has 3 nitrogen and oxygen atoms in total. The van der Waals surface area contributed by atoms with Crippen molar-refractivity contribution in [1.29, 1.82) is 0 Å². The highest BCUT2D eigenvalue weighted by molar-refractivity contribution is 5.28. The molecular formula is C11H17NO2. The Balaban J connectivity index is 2.59. The first kappa shape index (κ1) is 11.0. The molecule has 14 heavy (non-hydrogen) atoms. The summed E-state index contributed by atoms with van der Waals surface area (Å²) in [5, 5.41) is 9.43. The molecule has 0 aliphatic heterocycles. The van der Waals surface area contributed by atoms with Crippen LogP contribution in [0, 0.1) is 0 Å². The Bertz CT molecular complexity index is 258. The van der Waals surface area contributed by atoms with E-state index in [2.05, 4.69) is 6.92 Å². The normalized spacial score (nSPS) is 12.5. The third-order valence-corrected chi connectivity index (χ3v) is 1.96. The number of aliphatic hydroxyl groups excluding tert-OH is 1. The summed E-state index contributed by atoms with van der Waals surface area (Å²) >= 11 is 0. The van der Waals surface area contributed by atoms with Crippen LogP contribution in [0.15, 0.2) is 24.3 Å². The fraction of sp³-hybridized carbons (Fsp3) is 0.455. The predicted octanol–water partition coefficient (Wildman–Crippen LogP) is 1.47. The van der Waals surface area contributed by atoms with Gasteiger partial charge in [0.25, 0.3) is 0 Å². The van der Waals surface area contributed by atoms with Crippen molar-refractivity contribution in [2.24, 2.45) is 5.73 Å². The van der Waals surface area contributed by atoms with Gasteiger partial charge >= 0.3 is 0 Å². The van der Waals surface area contributed by atoms with Gasteiger partial charge in [-0.05, 0) is 24.1 Å². The Labute approximate surface area is 84.5 Å². The standard InChI is InChI=1S/C11H17NO2/c1-2-7-14-10-5-3-9(4-6-10)11(13)8-12/h3-6,11,13H,2,7-8,12H2,1H3/t11-/m0/s1. The molecule has 1 rings (SSSR count). The molecule has 0 bridgehead atoms. The van der Waals surface area contributed by atoms with Gasteiger partial charge in [0.15, 0.2) is 0 Å². The van der Waals surface area contributed by atoms with Crippen molar-refractivity contribution < 1.29 is 9.84 Å². The second-order valence-corrected chi connectivity index (χ2v) is 3.17. The fourth-order valence-corrected chi connectivity index (χ4v) is 1.14. The highest BCUT2D eigenvalue weighted by Gasteiger charge is 2.04. The first-order valence-corrected chi connectivity index (χ1v) is 4.88. The van der Waals surface area contributed by atoms with Gasteiger partial charge in [0, 0.05) is 6.54 Å². The van der Waals surface area contributed by atoms with Crippen LogP contribution in [-0.2, 0) is 0 Å². The molecule has 0 saturated heterocycles. The van der Waals surface area contributed by atoms with Gasteiger partial charge in [0.1, 0.15) is 5.75 Å². The van der Waals surface area contributed by atoms with Gasteiger partial charge in [-0.25, -0.2) is 0 Å². The molecule has 0 aromatic heterocycles. The van der Waals surface area contributed by atoms with Gasteiger partial charge in [0.2, 0.25) is 0 Å². The molecule has 0 spiro atoms. The minimum Gasteiger partial charge on any atom is -0.494 e. The maximum atomic E-state index is 9.43. The fourth-order valence-electron chi connectivity index (χ4n) is 1.14. The average molecular weight is 195 g/mol. The van der Waals surface area contributed by atoms with Crippen molar-refractivity contribution in [3.63, 3.8) is 0 Å². The Kier molecular flexibility index (Phi) is 4.43. The largest absolute Gasteiger partial charge is 0.494 e. The van der Waals surface area contributed by atoms with Gasteiger partial charge in [0.05, 0.1) is 12.7 Å². The maximum Gasteiger partial charge on any atom is 0.119 e. The van der Waals surface area contributed by atoms with Crippen molar-refractivity contribution in [3.8, 4) is 5.75 Å². The van der Waals surface area contributed by atoms with Gasteiger partial charge in [-0.15, -0.1) is 0 Å². The van der Waals surface area contributed by atoms with Crippen molar-refractivity contribution >= 4 is 0 Å². The number of benzene rings is 1. The van der Waals surface area contributed by atoms with Crippen LogP contribution in [0.3, 0.4) is 0 Å². The molecule has 1 atom stereocenters. The van der Waals surface area contributed by atoms with Crippen LogP contribution >= 0.6 is 0 Å². The summed E-state index contributed by atoms with van der Waals surface area (Å²) in [5.41, 5.74) is 6.17. The minimum atomic E-state index is -0.574. The topological polar surface area (TPSA) is 55.5 Å². The van der Waals surface area contributed by atoms with E-state index in [1.807, 2.05) is 24.3 Å². The molecule has 0 amide bonds. The monoisotopic (exact) mass is 195 g/mol. The lowest BCUT2D eigenvalue weighted by Crippen LogP contribution is -2.11. The zero-order valence-corrected chi connectivity index (χ0v) is 8.44. The van der Waals surface area contributed by atoms with Crippen molar-refractivity contribution in [1.82, 2.24) is 0 Å². The van der Waals surface area contributed by atoms with Crippen molar-refractivity contribution in [3.05, 3.63) is 29.8 Å². The highest BCUT2D eigenvalue weighted by Crippen LogP contribution is 2.17. The van der Waals surface area contributed by atoms with E-state index in [4.69, 9.17) is 10.5 Å². The Morgan fingerprint density at radius 2 is 2.00 bits per heavy atom. The molecule has 1 aromatic carbocycles. The summed E-state index contributed by atoms with van der Waals surface area (Å²) in [6.07, 6.45) is 0.419. The van der Waals surface area contributed by atoms with E-state index in [1.165, 1.54) is 0 Å². The third kappa shape index (κ3) is 3.01. The second kappa shape index (κ2) is 5.62. The number of hydrogen-bond acceptors (Lipinski definition) is 3.